The average Bonchev–Trinajstić information content (AvgIpc) is 3.15. The predicted octanol–water partition coefficient (Wildman–Crippen LogP) is 1.59. The van der Waals surface area contributed by atoms with Crippen LogP contribution in [0.5, 0.6) is 0 Å². The van der Waals surface area contributed by atoms with Crippen molar-refractivity contribution in [1.82, 2.24) is 0 Å². The van der Waals surface area contributed by atoms with Crippen LogP contribution in [0.3, 0.4) is 0 Å². The van der Waals surface area contributed by atoms with Gasteiger partial charge in [-0.05, 0) is 35.8 Å². The summed E-state index contributed by atoms with van der Waals surface area (Å²) in [6.07, 6.45) is 0.475. The van der Waals surface area contributed by atoms with E-state index in [-0.39, 0.29) is 18.0 Å². The highest BCUT2D eigenvalue weighted by atomic mass is 16.5. The Morgan fingerprint density at radius 3 is 2.18 bits per heavy atom. The lowest BCUT2D eigenvalue weighted by molar-refractivity contribution is -0.606. The highest BCUT2D eigenvalue weighted by Crippen LogP contribution is 2.28. The Labute approximate surface area is 129 Å². The van der Waals surface area contributed by atoms with E-state index >= 15 is 0 Å². The lowest BCUT2D eigenvalue weighted by Crippen LogP contribution is -2.32. The molecule has 4 nitrogen and oxygen atoms in total. The van der Waals surface area contributed by atoms with Gasteiger partial charge < -0.3 is 9.84 Å². The first-order chi connectivity index (χ1) is 10.8. The van der Waals surface area contributed by atoms with E-state index in [1.54, 1.807) is 4.68 Å². The van der Waals surface area contributed by atoms with Gasteiger partial charge in [-0.1, -0.05) is 41.1 Å². The molecule has 0 saturated carbocycles. The van der Waals surface area contributed by atoms with Crippen molar-refractivity contribution >= 4 is 11.6 Å². The highest BCUT2D eigenvalue weighted by molar-refractivity contribution is 6.09. The summed E-state index contributed by atoms with van der Waals surface area (Å²) in [5.41, 5.74) is 2.98. The third kappa shape index (κ3) is 2.12. The Morgan fingerprint density at radius 2 is 1.59 bits per heavy atom. The molecule has 0 spiro atoms. The molecule has 2 aliphatic rings. The van der Waals surface area contributed by atoms with E-state index in [2.05, 4.69) is 5.10 Å². The van der Waals surface area contributed by atoms with E-state index in [0.29, 0.717) is 6.61 Å². The van der Waals surface area contributed by atoms with Crippen LogP contribution >= 0.6 is 0 Å². The first-order valence-electron chi connectivity index (χ1n) is 7.49. The zero-order valence-corrected chi connectivity index (χ0v) is 12.1. The summed E-state index contributed by atoms with van der Waals surface area (Å²) >= 11 is 0. The van der Waals surface area contributed by atoms with E-state index in [9.17, 15) is 5.11 Å². The zero-order chi connectivity index (χ0) is 14.9. The SMILES string of the molecule is [O-]C1=N[N+](=C(c2ccccc2)c2ccccc2)[C@H]2OCC[C@@H]12. The number of rotatable bonds is 2. The highest BCUT2D eigenvalue weighted by Gasteiger charge is 2.45. The molecule has 4 heteroatoms. The van der Waals surface area contributed by atoms with Crippen molar-refractivity contribution in [2.45, 2.75) is 12.6 Å². The summed E-state index contributed by atoms with van der Waals surface area (Å²) in [7, 11) is 0. The second kappa shape index (κ2) is 5.39. The van der Waals surface area contributed by atoms with Gasteiger partial charge >= 0.3 is 0 Å². The number of hydrazone groups is 1. The zero-order valence-electron chi connectivity index (χ0n) is 12.1. The van der Waals surface area contributed by atoms with Crippen molar-refractivity contribution in [1.29, 1.82) is 0 Å². The predicted molar refractivity (Wildman–Crippen MR) is 81.6 cm³/mol. The lowest BCUT2D eigenvalue weighted by atomic mass is 10.0. The fraction of sp³-hybridized carbons (Fsp3) is 0.222. The average molecular weight is 292 g/mol. The Morgan fingerprint density at radius 1 is 1.00 bits per heavy atom. The number of nitrogens with zero attached hydrogens (tertiary/aromatic N) is 2. The second-order valence-corrected chi connectivity index (χ2v) is 5.52. The monoisotopic (exact) mass is 292 g/mol. The van der Waals surface area contributed by atoms with E-state index in [1.807, 2.05) is 60.7 Å². The molecule has 0 aliphatic carbocycles. The van der Waals surface area contributed by atoms with Crippen LogP contribution in [0.4, 0.5) is 0 Å². The molecule has 0 aromatic heterocycles. The maximum atomic E-state index is 12.1. The Balaban J connectivity index is 1.94. The van der Waals surface area contributed by atoms with Gasteiger partial charge in [0.1, 0.15) is 0 Å². The van der Waals surface area contributed by atoms with Crippen LogP contribution in [0.1, 0.15) is 17.5 Å². The molecule has 22 heavy (non-hydrogen) atoms. The van der Waals surface area contributed by atoms with Crippen molar-refractivity contribution < 1.29 is 14.5 Å². The Kier molecular flexibility index (Phi) is 3.24. The van der Waals surface area contributed by atoms with Gasteiger partial charge in [0.2, 0.25) is 5.71 Å². The topological polar surface area (TPSA) is 47.7 Å². The van der Waals surface area contributed by atoms with Crippen LogP contribution in [0, 0.1) is 5.92 Å². The summed E-state index contributed by atoms with van der Waals surface area (Å²) in [5.74, 6) is -0.214. The molecule has 2 aliphatic heterocycles. The number of hydrogen-bond acceptors (Lipinski definition) is 3. The van der Waals surface area contributed by atoms with Crippen LogP contribution < -0.4 is 5.11 Å². The minimum absolute atomic E-state index is 0.0770. The number of hydrogen-bond donors (Lipinski definition) is 0. The van der Waals surface area contributed by atoms with Gasteiger partial charge in [-0.15, -0.1) is 0 Å². The molecule has 0 radical (unpaired) electrons. The molecule has 0 amide bonds. The number of fused-ring (bicyclic) bond motifs is 1. The molecular formula is C18H16N2O2. The Bertz CT molecular complexity index is 697. The maximum absolute atomic E-state index is 12.1. The summed E-state index contributed by atoms with van der Waals surface area (Å²) in [6.45, 7) is 0.615. The van der Waals surface area contributed by atoms with Crippen molar-refractivity contribution in [3.05, 3.63) is 71.8 Å². The first kappa shape index (κ1) is 13.2. The van der Waals surface area contributed by atoms with Gasteiger partial charge in [0.25, 0.3) is 6.23 Å². The third-order valence-electron chi connectivity index (χ3n) is 4.15. The minimum Gasteiger partial charge on any atom is -0.857 e. The van der Waals surface area contributed by atoms with Crippen molar-refractivity contribution in [3.8, 4) is 0 Å². The van der Waals surface area contributed by atoms with Gasteiger partial charge in [-0.3, -0.25) is 0 Å². The van der Waals surface area contributed by atoms with Gasteiger partial charge in [0.15, 0.2) is 0 Å². The summed E-state index contributed by atoms with van der Waals surface area (Å²) in [5, 5.41) is 16.4. The number of ether oxygens (including phenoxy) is 1. The molecule has 0 N–H and O–H groups in total. The van der Waals surface area contributed by atoms with Crippen LogP contribution in [0.25, 0.3) is 0 Å². The van der Waals surface area contributed by atoms with Crippen LogP contribution in [-0.4, -0.2) is 29.1 Å². The van der Waals surface area contributed by atoms with Gasteiger partial charge in [0.05, 0.1) is 12.5 Å². The molecule has 2 heterocycles. The molecule has 1 fully saturated rings. The van der Waals surface area contributed by atoms with Crippen molar-refractivity contribution in [2.24, 2.45) is 11.0 Å². The molecule has 2 aromatic carbocycles. The fourth-order valence-corrected chi connectivity index (χ4v) is 3.10. The van der Waals surface area contributed by atoms with Crippen LogP contribution in [-0.2, 0) is 4.74 Å². The first-order valence-corrected chi connectivity index (χ1v) is 7.49. The molecule has 1 saturated heterocycles. The molecule has 2 aromatic rings. The largest absolute Gasteiger partial charge is 0.857 e. The Hall–Kier alpha value is -2.46. The molecule has 110 valence electrons. The summed E-state index contributed by atoms with van der Waals surface area (Å²) < 4.78 is 7.54. The smallest absolute Gasteiger partial charge is 0.296 e. The van der Waals surface area contributed by atoms with Crippen molar-refractivity contribution in [2.75, 3.05) is 6.61 Å². The summed E-state index contributed by atoms with van der Waals surface area (Å²) in [4.78, 5) is 0. The lowest BCUT2D eigenvalue weighted by Gasteiger charge is -2.09. The van der Waals surface area contributed by atoms with E-state index in [0.717, 1.165) is 23.3 Å². The molecular weight excluding hydrogens is 276 g/mol. The minimum atomic E-state index is -0.275. The normalized spacial score (nSPS) is 23.3. The third-order valence-corrected chi connectivity index (χ3v) is 4.15. The van der Waals surface area contributed by atoms with Gasteiger partial charge in [-0.2, -0.15) is 0 Å². The van der Waals surface area contributed by atoms with Crippen molar-refractivity contribution in [3.63, 3.8) is 0 Å². The van der Waals surface area contributed by atoms with Crippen LogP contribution in [0.2, 0.25) is 0 Å². The van der Waals surface area contributed by atoms with E-state index in [1.165, 1.54) is 0 Å². The van der Waals surface area contributed by atoms with Gasteiger partial charge in [-0.25, -0.2) is 0 Å². The maximum Gasteiger partial charge on any atom is 0.296 e. The van der Waals surface area contributed by atoms with Gasteiger partial charge in [0, 0.05) is 17.0 Å². The fourth-order valence-electron chi connectivity index (χ4n) is 3.10. The standard InChI is InChI=1S/C18H16N2O2/c21-17-15-11-12-22-18(15)20(19-17)16(13-7-3-1-4-8-13)14-9-5-2-6-10-14/h1-10,15,18H,11-12H2/t15-,18-/m0/s1. The second-order valence-electron chi connectivity index (χ2n) is 5.52. The van der Waals surface area contributed by atoms with E-state index < -0.39 is 0 Å². The quantitative estimate of drug-likeness (QED) is 0.789. The number of benzene rings is 2. The van der Waals surface area contributed by atoms with E-state index in [4.69, 9.17) is 4.74 Å². The van der Waals surface area contributed by atoms with Crippen LogP contribution in [0.15, 0.2) is 65.8 Å². The summed E-state index contributed by atoms with van der Waals surface area (Å²) in [6, 6.07) is 20.0. The molecule has 4 rings (SSSR count). The molecule has 2 atom stereocenters. The molecule has 0 unspecified atom stereocenters. The molecule has 0 bridgehead atoms.